The van der Waals surface area contributed by atoms with E-state index in [0.717, 1.165) is 6.42 Å². The maximum atomic E-state index is 14.1. The van der Waals surface area contributed by atoms with Crippen LogP contribution in [0.5, 0.6) is 0 Å². The minimum atomic E-state index is -0.876. The summed E-state index contributed by atoms with van der Waals surface area (Å²) in [5.74, 6) is -2.19. The van der Waals surface area contributed by atoms with Crippen LogP contribution in [-0.4, -0.2) is 48.1 Å². The van der Waals surface area contributed by atoms with Crippen LogP contribution in [0.2, 0.25) is 45.2 Å². The zero-order valence-corrected chi connectivity index (χ0v) is 51.8. The number of hydrogen-bond acceptors (Lipinski definition) is 7. The molecule has 6 aromatic carbocycles. The fourth-order valence-electron chi connectivity index (χ4n) is 6.82. The number of benzene rings is 6. The fraction of sp³-hybridized carbons (Fsp3) is 0.328. The van der Waals surface area contributed by atoms with E-state index >= 15 is 0 Å². The zero-order chi connectivity index (χ0) is 59.9. The van der Waals surface area contributed by atoms with E-state index in [1.54, 1.807) is 62.4 Å². The van der Waals surface area contributed by atoms with Crippen molar-refractivity contribution in [1.82, 2.24) is 16.0 Å². The van der Waals surface area contributed by atoms with E-state index in [1.165, 1.54) is 42.5 Å². The predicted octanol–water partition coefficient (Wildman–Crippen LogP) is 18.2. The van der Waals surface area contributed by atoms with Gasteiger partial charge < -0.3 is 37.0 Å². The van der Waals surface area contributed by atoms with Crippen molar-refractivity contribution >= 4 is 156 Å². The molecule has 0 unspecified atom stereocenters. The first-order valence-corrected chi connectivity index (χ1v) is 28.2. The average Bonchev–Trinajstić information content (AvgIpc) is 3.34. The van der Waals surface area contributed by atoms with Crippen molar-refractivity contribution in [3.05, 3.63) is 170 Å². The number of anilines is 6. The smallest absolute Gasteiger partial charge is 0.224 e. The first-order valence-electron chi connectivity index (χ1n) is 24.8. The van der Waals surface area contributed by atoms with Crippen molar-refractivity contribution in [2.75, 3.05) is 35.6 Å². The Labute approximate surface area is 511 Å². The van der Waals surface area contributed by atoms with Crippen LogP contribution in [0.4, 0.5) is 47.3 Å². The van der Waals surface area contributed by atoms with E-state index in [0.29, 0.717) is 105 Å². The van der Waals surface area contributed by atoms with Gasteiger partial charge in [0.2, 0.25) is 17.7 Å². The van der Waals surface area contributed by atoms with Gasteiger partial charge in [-0.1, -0.05) is 146 Å². The van der Waals surface area contributed by atoms with Crippen LogP contribution in [0.1, 0.15) is 84.9 Å². The molecule has 0 saturated heterocycles. The molecule has 0 aliphatic carbocycles. The largest absolute Gasteiger partial charge is 0.390 e. The van der Waals surface area contributed by atoms with Crippen LogP contribution in [0, 0.1) is 28.3 Å². The second-order valence-electron chi connectivity index (χ2n) is 21.1. The minimum Gasteiger partial charge on any atom is -0.390 e. The Balaban J connectivity index is 0.000000258. The number of hydrogen-bond donors (Lipinski definition) is 7. The molecule has 0 aliphatic heterocycles. The number of amides is 3. The average molecular weight is 1280 g/mol. The molecular formula is C58H62Cl9F3N6O4. The van der Waals surface area contributed by atoms with Crippen molar-refractivity contribution in [2.45, 2.75) is 93.1 Å². The molecule has 0 saturated carbocycles. The molecule has 0 fully saturated rings. The lowest BCUT2D eigenvalue weighted by atomic mass is 9.90. The van der Waals surface area contributed by atoms with Gasteiger partial charge in [0, 0.05) is 51.8 Å². The van der Waals surface area contributed by atoms with Crippen molar-refractivity contribution in [3.63, 3.8) is 0 Å². The monoisotopic (exact) mass is 1280 g/mol. The van der Waals surface area contributed by atoms with Crippen LogP contribution in [0.15, 0.2) is 91.0 Å². The molecular weight excluding hydrogens is 1220 g/mol. The second kappa shape index (κ2) is 30.7. The minimum absolute atomic E-state index is 0.000308. The van der Waals surface area contributed by atoms with Crippen molar-refractivity contribution < 1.29 is 32.7 Å². The lowest BCUT2D eigenvalue weighted by Gasteiger charge is -2.22. The van der Waals surface area contributed by atoms with Crippen LogP contribution < -0.4 is 31.9 Å². The summed E-state index contributed by atoms with van der Waals surface area (Å²) in [5.41, 5.74) is 2.91. The zero-order valence-electron chi connectivity index (χ0n) is 45.0. The molecule has 6 aromatic rings. The number of carbonyl (C=O) groups excluding carboxylic acids is 3. The maximum absolute atomic E-state index is 14.1. The van der Waals surface area contributed by atoms with Crippen LogP contribution >= 0.6 is 104 Å². The molecule has 0 aliphatic rings. The van der Waals surface area contributed by atoms with Crippen LogP contribution in [0.3, 0.4) is 0 Å². The van der Waals surface area contributed by atoms with Gasteiger partial charge in [0.15, 0.2) is 0 Å². The van der Waals surface area contributed by atoms with Gasteiger partial charge in [-0.15, -0.1) is 0 Å². The molecule has 0 radical (unpaired) electrons. The normalized spacial score (nSPS) is 11.4. The SMILES string of the molecule is CC(C)(C)CNC(=O)Cc1cc(Nc2c(Cl)cc(Cl)cc2Cl)ccc1F.CC(C)(O)CCNC(=O)Cc1cc(Nc2c(Cl)cc(Cl)cc2Cl)ccc1F.CCC(C)(C)CNC(=O)Cc1cc(Nc2c(Cl)cc(Cl)cc2Cl)ccc1F. The van der Waals surface area contributed by atoms with Gasteiger partial charge in [-0.25, -0.2) is 13.2 Å². The van der Waals surface area contributed by atoms with E-state index in [1.807, 2.05) is 20.8 Å². The van der Waals surface area contributed by atoms with Crippen LogP contribution in [-0.2, 0) is 33.6 Å². The highest BCUT2D eigenvalue weighted by atomic mass is 35.5. The summed E-state index contributed by atoms with van der Waals surface area (Å²) in [4.78, 5) is 36.3. The van der Waals surface area contributed by atoms with Gasteiger partial charge in [-0.2, -0.15) is 0 Å². The summed E-state index contributed by atoms with van der Waals surface area (Å²) in [5, 5.41) is 30.4. The molecule has 7 N–H and O–H groups in total. The highest BCUT2D eigenvalue weighted by Crippen LogP contribution is 2.39. The molecule has 10 nitrogen and oxygen atoms in total. The van der Waals surface area contributed by atoms with Crippen LogP contribution in [0.25, 0.3) is 0 Å². The Morgan fingerprint density at radius 2 is 0.738 bits per heavy atom. The Bertz CT molecular complexity index is 3090. The van der Waals surface area contributed by atoms with Gasteiger partial charge >= 0.3 is 0 Å². The lowest BCUT2D eigenvalue weighted by Crippen LogP contribution is -2.34. The number of nitrogens with one attached hydrogen (secondary N) is 6. The van der Waals surface area contributed by atoms with Crippen molar-refractivity contribution in [1.29, 1.82) is 0 Å². The highest BCUT2D eigenvalue weighted by Gasteiger charge is 2.20. The fourth-order valence-corrected chi connectivity index (χ4v) is 9.56. The maximum Gasteiger partial charge on any atom is 0.224 e. The summed E-state index contributed by atoms with van der Waals surface area (Å²) in [6, 6.07) is 22.5. The molecule has 0 aromatic heterocycles. The van der Waals surface area contributed by atoms with E-state index in [4.69, 9.17) is 104 Å². The van der Waals surface area contributed by atoms with E-state index in [2.05, 4.69) is 52.7 Å². The topological polar surface area (TPSA) is 144 Å². The first-order chi connectivity index (χ1) is 37.2. The number of rotatable bonds is 19. The quantitative estimate of drug-likeness (QED) is 0.0428. The summed E-state index contributed by atoms with van der Waals surface area (Å²) >= 11 is 54.6. The third kappa shape index (κ3) is 23.4. The third-order valence-corrected chi connectivity index (χ3v) is 14.1. The molecule has 0 spiro atoms. The third-order valence-electron chi connectivity index (χ3n) is 11.6. The van der Waals surface area contributed by atoms with Gasteiger partial charge in [-0.05, 0) is 145 Å². The van der Waals surface area contributed by atoms with Gasteiger partial charge in [0.25, 0.3) is 0 Å². The second-order valence-corrected chi connectivity index (χ2v) is 24.9. The first kappa shape index (κ1) is 68.0. The summed E-state index contributed by atoms with van der Waals surface area (Å²) in [6.45, 7) is 16.9. The van der Waals surface area contributed by atoms with E-state index in [-0.39, 0.29) is 64.5 Å². The standard InChI is InChI=1S/C20H22Cl3FN2O.C19H20Cl3FN2O2.C19H20Cl3FN2O/c1-4-20(2,3)11-25-18(27)8-12-7-14(5-6-17(12)24)26-19-15(22)9-13(21)10-16(19)23;1-19(2,27)5-6-24-17(26)8-11-7-13(3-4-16(11)23)25-18-14(21)9-12(20)10-15(18)22;1-19(2,3)10-24-17(26)7-11-6-13(4-5-16(11)23)25-18-14(21)8-12(20)9-15(18)22/h5-7,9-10,26H,4,8,11H2,1-3H3,(H,25,27);3-4,7,9-10,25,27H,5-6,8H2,1-2H3,(H,24,26);4-6,8-9,25H,7,10H2,1-3H3,(H,24,26). The Morgan fingerprint density at radius 1 is 0.450 bits per heavy atom. The Hall–Kier alpha value is -4.51. The Morgan fingerprint density at radius 3 is 1.01 bits per heavy atom. The molecule has 432 valence electrons. The molecule has 80 heavy (non-hydrogen) atoms. The molecule has 22 heteroatoms. The number of carbonyl (C=O) groups is 3. The summed E-state index contributed by atoms with van der Waals surface area (Å²) in [6.07, 6.45) is 1.10. The highest BCUT2D eigenvalue weighted by molar-refractivity contribution is 6.43. The number of halogens is 12. The number of aliphatic hydroxyl groups is 1. The van der Waals surface area contributed by atoms with Crippen molar-refractivity contribution in [2.24, 2.45) is 10.8 Å². The van der Waals surface area contributed by atoms with E-state index < -0.39 is 23.1 Å². The van der Waals surface area contributed by atoms with Gasteiger partial charge in [-0.3, -0.25) is 14.4 Å². The molecule has 0 heterocycles. The summed E-state index contributed by atoms with van der Waals surface area (Å²) in [7, 11) is 0. The van der Waals surface area contributed by atoms with Crippen molar-refractivity contribution in [3.8, 4) is 0 Å². The lowest BCUT2D eigenvalue weighted by molar-refractivity contribution is -0.121. The van der Waals surface area contributed by atoms with E-state index in [9.17, 15) is 32.7 Å². The Kier molecular flexibility index (Phi) is 26.1. The van der Waals surface area contributed by atoms with Gasteiger partial charge in [0.1, 0.15) is 17.5 Å². The molecule has 6 rings (SSSR count). The molecule has 3 amide bonds. The molecule has 0 bridgehead atoms. The summed E-state index contributed by atoms with van der Waals surface area (Å²) < 4.78 is 42.3. The molecule has 0 atom stereocenters. The van der Waals surface area contributed by atoms with Gasteiger partial charge in [0.05, 0.1) is 72.1 Å². The predicted molar refractivity (Wildman–Crippen MR) is 328 cm³/mol.